The highest BCUT2D eigenvalue weighted by molar-refractivity contribution is 7.89. The van der Waals surface area contributed by atoms with Gasteiger partial charge in [0.2, 0.25) is 10.0 Å². The lowest BCUT2D eigenvalue weighted by atomic mass is 10.1. The van der Waals surface area contributed by atoms with Crippen molar-refractivity contribution in [1.82, 2.24) is 4.31 Å². The normalized spacial score (nSPS) is 11.4. The summed E-state index contributed by atoms with van der Waals surface area (Å²) in [5.41, 5.74) is 3.07. The van der Waals surface area contributed by atoms with Crippen LogP contribution in [-0.2, 0) is 16.6 Å². The number of hydrogen-bond donors (Lipinski definition) is 1. The second-order valence-electron chi connectivity index (χ2n) is 6.59. The minimum Gasteiger partial charge on any atom is -0.322 e. The summed E-state index contributed by atoms with van der Waals surface area (Å²) < 4.78 is 26.8. The molecular weight excluding hydrogens is 372 g/mol. The predicted octanol–water partition coefficient (Wildman–Crippen LogP) is 4.07. The summed E-state index contributed by atoms with van der Waals surface area (Å²) in [6.45, 7) is 2.24. The maximum atomic E-state index is 12.8. The van der Waals surface area contributed by atoms with Gasteiger partial charge in [-0.25, -0.2) is 8.42 Å². The number of hydrogen-bond acceptors (Lipinski definition) is 3. The van der Waals surface area contributed by atoms with Gasteiger partial charge < -0.3 is 5.32 Å². The third-order valence-electron chi connectivity index (χ3n) is 4.38. The van der Waals surface area contributed by atoms with Crippen LogP contribution < -0.4 is 5.32 Å². The number of sulfonamides is 1. The van der Waals surface area contributed by atoms with Gasteiger partial charge in [-0.05, 0) is 48.9 Å². The van der Waals surface area contributed by atoms with Gasteiger partial charge in [0.15, 0.2) is 0 Å². The Morgan fingerprint density at radius 2 is 1.50 bits per heavy atom. The van der Waals surface area contributed by atoms with Crippen LogP contribution in [-0.4, -0.2) is 25.7 Å². The number of benzene rings is 3. The Morgan fingerprint density at radius 3 is 2.11 bits per heavy atom. The van der Waals surface area contributed by atoms with Crippen molar-refractivity contribution < 1.29 is 13.2 Å². The Bertz CT molecular complexity index is 1050. The molecule has 0 fully saturated rings. The zero-order valence-corrected chi connectivity index (χ0v) is 16.6. The highest BCUT2D eigenvalue weighted by Crippen LogP contribution is 2.19. The fourth-order valence-electron chi connectivity index (χ4n) is 2.72. The average molecular weight is 394 g/mol. The summed E-state index contributed by atoms with van der Waals surface area (Å²) in [6, 6.07) is 22.8. The number of rotatable bonds is 6. The monoisotopic (exact) mass is 394 g/mol. The van der Waals surface area contributed by atoms with E-state index < -0.39 is 10.0 Å². The van der Waals surface area contributed by atoms with Gasteiger partial charge in [-0.2, -0.15) is 4.31 Å². The van der Waals surface area contributed by atoms with Gasteiger partial charge in [-0.3, -0.25) is 4.79 Å². The van der Waals surface area contributed by atoms with Crippen LogP contribution in [0, 0.1) is 6.92 Å². The summed E-state index contributed by atoms with van der Waals surface area (Å²) >= 11 is 0. The number of carbonyl (C=O) groups excluding carboxylic acids is 1. The molecule has 0 saturated carbocycles. The standard InChI is InChI=1S/C22H22N2O3S/c1-17-8-10-19(11-9-17)22(25)23-20-12-14-21(15-13-20)28(26,27)24(2)16-18-6-4-3-5-7-18/h3-15H,16H2,1-2H3,(H,23,25). The third-order valence-corrected chi connectivity index (χ3v) is 6.20. The van der Waals surface area contributed by atoms with Crippen molar-refractivity contribution in [2.24, 2.45) is 0 Å². The van der Waals surface area contributed by atoms with Crippen molar-refractivity contribution in [1.29, 1.82) is 0 Å². The molecule has 0 atom stereocenters. The number of amides is 1. The summed E-state index contributed by atoms with van der Waals surface area (Å²) in [7, 11) is -2.07. The van der Waals surface area contributed by atoms with E-state index in [1.54, 1.807) is 31.3 Å². The smallest absolute Gasteiger partial charge is 0.255 e. The van der Waals surface area contributed by atoms with Gasteiger partial charge in [-0.15, -0.1) is 0 Å². The molecule has 1 N–H and O–H groups in total. The molecule has 3 aromatic carbocycles. The third kappa shape index (κ3) is 4.65. The van der Waals surface area contributed by atoms with Gasteiger partial charge >= 0.3 is 0 Å². The highest BCUT2D eigenvalue weighted by atomic mass is 32.2. The van der Waals surface area contributed by atoms with Gasteiger partial charge in [0.1, 0.15) is 0 Å². The zero-order chi connectivity index (χ0) is 20.1. The SMILES string of the molecule is Cc1ccc(C(=O)Nc2ccc(S(=O)(=O)N(C)Cc3ccccc3)cc2)cc1. The molecule has 0 radical (unpaired) electrons. The molecule has 0 aliphatic rings. The van der Waals surface area contributed by atoms with E-state index >= 15 is 0 Å². The van der Waals surface area contributed by atoms with Crippen LogP contribution in [0.25, 0.3) is 0 Å². The number of aryl methyl sites for hydroxylation is 1. The Kier molecular flexibility index (Phi) is 5.92. The maximum Gasteiger partial charge on any atom is 0.255 e. The van der Waals surface area contributed by atoms with Crippen molar-refractivity contribution in [2.45, 2.75) is 18.4 Å². The lowest BCUT2D eigenvalue weighted by molar-refractivity contribution is 0.102. The average Bonchev–Trinajstić information content (AvgIpc) is 2.69. The Balaban J connectivity index is 1.70. The maximum absolute atomic E-state index is 12.8. The topological polar surface area (TPSA) is 66.5 Å². The van der Waals surface area contributed by atoms with Crippen LogP contribution in [0.4, 0.5) is 5.69 Å². The first-order chi connectivity index (χ1) is 13.4. The summed E-state index contributed by atoms with van der Waals surface area (Å²) in [5.74, 6) is -0.239. The largest absolute Gasteiger partial charge is 0.322 e. The number of nitrogens with one attached hydrogen (secondary N) is 1. The van der Waals surface area contributed by atoms with Crippen molar-refractivity contribution in [3.8, 4) is 0 Å². The molecule has 0 bridgehead atoms. The van der Waals surface area contributed by atoms with Gasteiger partial charge in [-0.1, -0.05) is 48.0 Å². The number of anilines is 1. The molecule has 0 heterocycles. The van der Waals surface area contributed by atoms with Crippen LogP contribution in [0.3, 0.4) is 0 Å². The minimum atomic E-state index is -3.62. The number of carbonyl (C=O) groups is 1. The first-order valence-corrected chi connectivity index (χ1v) is 10.3. The predicted molar refractivity (Wildman–Crippen MR) is 111 cm³/mol. The molecule has 0 unspecified atom stereocenters. The highest BCUT2D eigenvalue weighted by Gasteiger charge is 2.21. The zero-order valence-electron chi connectivity index (χ0n) is 15.8. The molecule has 6 heteroatoms. The lowest BCUT2D eigenvalue weighted by Crippen LogP contribution is -2.26. The fraction of sp³-hybridized carbons (Fsp3) is 0.136. The summed E-state index contributed by atoms with van der Waals surface area (Å²) in [4.78, 5) is 12.5. The molecule has 0 spiro atoms. The molecule has 0 saturated heterocycles. The second kappa shape index (κ2) is 8.37. The quantitative estimate of drug-likeness (QED) is 0.685. The molecular formula is C22H22N2O3S. The van der Waals surface area contributed by atoms with Gasteiger partial charge in [0.25, 0.3) is 5.91 Å². The molecule has 0 aliphatic carbocycles. The Hall–Kier alpha value is -2.96. The van der Waals surface area contributed by atoms with E-state index in [4.69, 9.17) is 0 Å². The van der Waals surface area contributed by atoms with Crippen molar-refractivity contribution >= 4 is 21.6 Å². The Morgan fingerprint density at radius 1 is 0.893 bits per heavy atom. The Labute approximate surface area is 165 Å². The molecule has 0 aliphatic heterocycles. The minimum absolute atomic E-state index is 0.180. The summed E-state index contributed by atoms with van der Waals surface area (Å²) in [5, 5.41) is 2.78. The van der Waals surface area contributed by atoms with E-state index in [0.717, 1.165) is 11.1 Å². The fourth-order valence-corrected chi connectivity index (χ4v) is 3.88. The van der Waals surface area contributed by atoms with E-state index in [1.165, 1.54) is 16.4 Å². The van der Waals surface area contributed by atoms with Crippen molar-refractivity contribution in [3.05, 3.63) is 95.6 Å². The molecule has 0 aromatic heterocycles. The molecule has 144 valence electrons. The second-order valence-corrected chi connectivity index (χ2v) is 8.64. The van der Waals surface area contributed by atoms with Crippen molar-refractivity contribution in [2.75, 3.05) is 12.4 Å². The number of nitrogens with zero attached hydrogens (tertiary/aromatic N) is 1. The van der Waals surface area contributed by atoms with Crippen LogP contribution in [0.5, 0.6) is 0 Å². The first-order valence-electron chi connectivity index (χ1n) is 8.84. The molecule has 5 nitrogen and oxygen atoms in total. The van der Waals surface area contributed by atoms with E-state index in [-0.39, 0.29) is 17.3 Å². The van der Waals surface area contributed by atoms with Gasteiger partial charge in [0.05, 0.1) is 4.90 Å². The van der Waals surface area contributed by atoms with Crippen LogP contribution in [0.15, 0.2) is 83.8 Å². The van der Waals surface area contributed by atoms with Crippen LogP contribution >= 0.6 is 0 Å². The van der Waals surface area contributed by atoms with Crippen molar-refractivity contribution in [3.63, 3.8) is 0 Å². The molecule has 1 amide bonds. The van der Waals surface area contributed by atoms with Crippen LogP contribution in [0.2, 0.25) is 0 Å². The van der Waals surface area contributed by atoms with E-state index in [1.807, 2.05) is 49.4 Å². The van der Waals surface area contributed by atoms with E-state index in [2.05, 4.69) is 5.32 Å². The van der Waals surface area contributed by atoms with E-state index in [9.17, 15) is 13.2 Å². The van der Waals surface area contributed by atoms with Crippen LogP contribution in [0.1, 0.15) is 21.5 Å². The molecule has 28 heavy (non-hydrogen) atoms. The molecule has 3 aromatic rings. The molecule has 3 rings (SSSR count). The lowest BCUT2D eigenvalue weighted by Gasteiger charge is -2.17. The van der Waals surface area contributed by atoms with Gasteiger partial charge in [0, 0.05) is 24.8 Å². The first kappa shape index (κ1) is 19.8. The van der Waals surface area contributed by atoms with E-state index in [0.29, 0.717) is 11.3 Å². The summed E-state index contributed by atoms with van der Waals surface area (Å²) in [6.07, 6.45) is 0.